The average Bonchev–Trinajstić information content (AvgIpc) is 3.18. The molecule has 3 rings (SSSR count). The van der Waals surface area contributed by atoms with Crippen LogP contribution in [0.4, 0.5) is 18.9 Å². The number of hydrogen-bond acceptors (Lipinski definition) is 5. The average molecular weight is 404 g/mol. The highest BCUT2D eigenvalue weighted by atomic mass is 19.4. The Morgan fingerprint density at radius 3 is 2.24 bits per heavy atom. The Labute approximate surface area is 165 Å². The van der Waals surface area contributed by atoms with E-state index in [1.165, 1.54) is 0 Å². The minimum atomic E-state index is -4.45. The zero-order chi connectivity index (χ0) is 21.2. The summed E-state index contributed by atoms with van der Waals surface area (Å²) in [5.41, 5.74) is 1.06. The fourth-order valence-corrected chi connectivity index (χ4v) is 2.59. The van der Waals surface area contributed by atoms with Crippen molar-refractivity contribution in [3.8, 4) is 11.4 Å². The van der Waals surface area contributed by atoms with Crippen LogP contribution in [0.5, 0.6) is 0 Å². The number of amides is 1. The Morgan fingerprint density at radius 2 is 1.69 bits per heavy atom. The van der Waals surface area contributed by atoms with Crippen LogP contribution in [0.2, 0.25) is 0 Å². The molecular formula is C20H19F3N4O2. The van der Waals surface area contributed by atoms with Gasteiger partial charge in [0.1, 0.15) is 6.04 Å². The highest BCUT2D eigenvalue weighted by Crippen LogP contribution is 2.29. The molecule has 2 aromatic carbocycles. The molecule has 0 aliphatic heterocycles. The lowest BCUT2D eigenvalue weighted by atomic mass is 10.1. The molecule has 152 valence electrons. The van der Waals surface area contributed by atoms with E-state index < -0.39 is 23.7 Å². The first-order chi connectivity index (χ1) is 13.6. The lowest BCUT2D eigenvalue weighted by Gasteiger charge is -2.11. The lowest BCUT2D eigenvalue weighted by molar-refractivity contribution is -0.137. The highest BCUT2D eigenvalue weighted by Gasteiger charge is 2.30. The maximum Gasteiger partial charge on any atom is 0.416 e. The van der Waals surface area contributed by atoms with Crippen LogP contribution >= 0.6 is 0 Å². The number of rotatable bonds is 5. The van der Waals surface area contributed by atoms with E-state index in [1.54, 1.807) is 6.92 Å². The molecule has 29 heavy (non-hydrogen) atoms. The summed E-state index contributed by atoms with van der Waals surface area (Å²) in [6, 6.07) is 10.9. The summed E-state index contributed by atoms with van der Waals surface area (Å²) in [4.78, 5) is 18.5. The van der Waals surface area contributed by atoms with Crippen molar-refractivity contribution in [3.63, 3.8) is 0 Å². The second-order valence-electron chi connectivity index (χ2n) is 6.67. The Balaban J connectivity index is 1.68. The molecule has 0 aliphatic carbocycles. The van der Waals surface area contributed by atoms with Crippen molar-refractivity contribution in [2.45, 2.75) is 19.1 Å². The molecule has 0 radical (unpaired) electrons. The van der Waals surface area contributed by atoms with E-state index in [2.05, 4.69) is 15.5 Å². The molecule has 1 unspecified atom stereocenters. The first-order valence-corrected chi connectivity index (χ1v) is 8.74. The zero-order valence-electron chi connectivity index (χ0n) is 16.0. The van der Waals surface area contributed by atoms with Gasteiger partial charge in [-0.15, -0.1) is 0 Å². The highest BCUT2D eigenvalue weighted by molar-refractivity contribution is 5.94. The monoisotopic (exact) mass is 404 g/mol. The lowest BCUT2D eigenvalue weighted by Crippen LogP contribution is -2.26. The number of alkyl halides is 3. The van der Waals surface area contributed by atoms with Crippen molar-refractivity contribution in [1.29, 1.82) is 0 Å². The maximum absolute atomic E-state index is 12.6. The van der Waals surface area contributed by atoms with Gasteiger partial charge >= 0.3 is 6.18 Å². The quantitative estimate of drug-likeness (QED) is 0.686. The molecule has 6 nitrogen and oxygen atoms in total. The molecule has 0 aliphatic rings. The van der Waals surface area contributed by atoms with E-state index in [-0.39, 0.29) is 11.5 Å². The van der Waals surface area contributed by atoms with Gasteiger partial charge in [0.25, 0.3) is 5.91 Å². The van der Waals surface area contributed by atoms with E-state index in [4.69, 9.17) is 4.52 Å². The van der Waals surface area contributed by atoms with Gasteiger partial charge in [-0.25, -0.2) is 0 Å². The van der Waals surface area contributed by atoms with E-state index in [9.17, 15) is 18.0 Å². The van der Waals surface area contributed by atoms with Crippen LogP contribution in [-0.4, -0.2) is 30.1 Å². The van der Waals surface area contributed by atoms with Crippen molar-refractivity contribution in [3.05, 3.63) is 65.5 Å². The van der Waals surface area contributed by atoms with Crippen LogP contribution in [0.3, 0.4) is 0 Å². The standard InChI is InChI=1S/C20H19F3N4O2/c1-12(24-18(28)14-4-8-15(9-5-14)20(21,22)23)19-25-17(26-29-19)13-6-10-16(11-7-13)27(2)3/h4-12H,1-3H3,(H,24,28). The summed E-state index contributed by atoms with van der Waals surface area (Å²) < 4.78 is 43.1. The maximum atomic E-state index is 12.6. The summed E-state index contributed by atoms with van der Waals surface area (Å²) >= 11 is 0. The van der Waals surface area contributed by atoms with Crippen LogP contribution in [0.15, 0.2) is 53.1 Å². The third kappa shape index (κ3) is 4.74. The molecule has 0 bridgehead atoms. The third-order valence-corrected chi connectivity index (χ3v) is 4.28. The van der Waals surface area contributed by atoms with Crippen LogP contribution < -0.4 is 10.2 Å². The molecule has 9 heteroatoms. The van der Waals surface area contributed by atoms with Gasteiger partial charge in [-0.2, -0.15) is 18.2 Å². The molecule has 0 saturated heterocycles. The molecule has 1 N–H and O–H groups in total. The molecule has 0 saturated carbocycles. The minimum absolute atomic E-state index is 0.101. The number of carbonyl (C=O) groups excluding carboxylic acids is 1. The van der Waals surface area contributed by atoms with Crippen LogP contribution in [-0.2, 0) is 6.18 Å². The number of hydrogen-bond donors (Lipinski definition) is 1. The Bertz CT molecular complexity index is 980. The van der Waals surface area contributed by atoms with Gasteiger partial charge in [-0.1, -0.05) is 5.16 Å². The first-order valence-electron chi connectivity index (χ1n) is 8.74. The van der Waals surface area contributed by atoms with Gasteiger partial charge in [0.15, 0.2) is 0 Å². The third-order valence-electron chi connectivity index (χ3n) is 4.28. The minimum Gasteiger partial charge on any atom is -0.378 e. The topological polar surface area (TPSA) is 71.3 Å². The van der Waals surface area contributed by atoms with Crippen LogP contribution in [0.1, 0.15) is 34.8 Å². The molecule has 1 amide bonds. The second kappa shape index (κ2) is 7.94. The van der Waals surface area contributed by atoms with Crippen LogP contribution in [0.25, 0.3) is 11.4 Å². The number of halogens is 3. The summed E-state index contributed by atoms with van der Waals surface area (Å²) in [5.74, 6) is 0.0270. The predicted octanol–water partition coefficient (Wildman–Crippen LogP) is 4.31. The largest absolute Gasteiger partial charge is 0.416 e. The molecule has 1 heterocycles. The fourth-order valence-electron chi connectivity index (χ4n) is 2.59. The number of nitrogens with one attached hydrogen (secondary N) is 1. The Hall–Kier alpha value is -3.36. The van der Waals surface area contributed by atoms with Crippen molar-refractivity contribution < 1.29 is 22.5 Å². The number of aromatic nitrogens is 2. The van der Waals surface area contributed by atoms with E-state index in [0.29, 0.717) is 5.82 Å². The summed E-state index contributed by atoms with van der Waals surface area (Å²) in [5, 5.41) is 6.56. The van der Waals surface area contributed by atoms with Gasteiger partial charge < -0.3 is 14.7 Å². The summed E-state index contributed by atoms with van der Waals surface area (Å²) in [6.45, 7) is 1.65. The second-order valence-corrected chi connectivity index (χ2v) is 6.67. The first kappa shape index (κ1) is 20.4. The van der Waals surface area contributed by atoms with E-state index in [1.807, 2.05) is 43.3 Å². The number of benzene rings is 2. The molecule has 0 spiro atoms. The summed E-state index contributed by atoms with van der Waals surface area (Å²) in [6.07, 6.45) is -4.45. The number of nitrogens with zero attached hydrogens (tertiary/aromatic N) is 3. The molecule has 1 aromatic heterocycles. The van der Waals surface area contributed by atoms with Gasteiger partial charge in [0, 0.05) is 30.9 Å². The fraction of sp³-hybridized carbons (Fsp3) is 0.250. The smallest absolute Gasteiger partial charge is 0.378 e. The van der Waals surface area contributed by atoms with Crippen molar-refractivity contribution >= 4 is 11.6 Å². The van der Waals surface area contributed by atoms with Crippen molar-refractivity contribution in [2.75, 3.05) is 19.0 Å². The van der Waals surface area contributed by atoms with E-state index in [0.717, 1.165) is 35.5 Å². The zero-order valence-corrected chi connectivity index (χ0v) is 16.0. The van der Waals surface area contributed by atoms with E-state index >= 15 is 0 Å². The Morgan fingerprint density at radius 1 is 1.07 bits per heavy atom. The Kier molecular flexibility index (Phi) is 5.58. The van der Waals surface area contributed by atoms with Gasteiger partial charge in [0.2, 0.25) is 11.7 Å². The van der Waals surface area contributed by atoms with Gasteiger partial charge in [0.05, 0.1) is 5.56 Å². The van der Waals surface area contributed by atoms with Gasteiger partial charge in [-0.3, -0.25) is 4.79 Å². The number of carbonyl (C=O) groups is 1. The molecule has 0 fully saturated rings. The van der Waals surface area contributed by atoms with Gasteiger partial charge in [-0.05, 0) is 55.5 Å². The predicted molar refractivity (Wildman–Crippen MR) is 101 cm³/mol. The van der Waals surface area contributed by atoms with Crippen molar-refractivity contribution in [2.24, 2.45) is 0 Å². The number of anilines is 1. The normalized spacial score (nSPS) is 12.5. The SMILES string of the molecule is CC(NC(=O)c1ccc(C(F)(F)F)cc1)c1nc(-c2ccc(N(C)C)cc2)no1. The van der Waals surface area contributed by atoms with Crippen LogP contribution in [0, 0.1) is 0 Å². The van der Waals surface area contributed by atoms with Crippen molar-refractivity contribution in [1.82, 2.24) is 15.5 Å². The molecular weight excluding hydrogens is 385 g/mol. The molecule has 3 aromatic rings. The summed E-state index contributed by atoms with van der Waals surface area (Å²) in [7, 11) is 3.87. The molecule has 1 atom stereocenters.